The number of carbonyl (C=O) groups is 1. The molecule has 0 rings (SSSR count). The lowest BCUT2D eigenvalue weighted by Crippen LogP contribution is -1.81. The van der Waals surface area contributed by atoms with Gasteiger partial charge in [0, 0.05) is 0 Å². The van der Waals surface area contributed by atoms with E-state index in [4.69, 9.17) is 0 Å². The van der Waals surface area contributed by atoms with E-state index in [2.05, 4.69) is 19.6 Å². The van der Waals surface area contributed by atoms with Crippen LogP contribution in [0, 0.1) is 0 Å². The van der Waals surface area contributed by atoms with E-state index in [0.29, 0.717) is 0 Å². The molecule has 0 N–H and O–H groups in total. The Hall–Kier alpha value is -0.240. The SMILES string of the molecule is CCCC(C)=CC(=O)S. The van der Waals surface area contributed by atoms with Gasteiger partial charge >= 0.3 is 0 Å². The highest BCUT2D eigenvalue weighted by Gasteiger charge is 1.89. The normalized spacial score (nSPS) is 11.7. The van der Waals surface area contributed by atoms with Gasteiger partial charge in [-0.25, -0.2) is 0 Å². The summed E-state index contributed by atoms with van der Waals surface area (Å²) in [4.78, 5) is 10.3. The highest BCUT2D eigenvalue weighted by molar-refractivity contribution is 7.97. The van der Waals surface area contributed by atoms with Crippen molar-refractivity contribution in [2.75, 3.05) is 0 Å². The van der Waals surface area contributed by atoms with Crippen LogP contribution in [0.25, 0.3) is 0 Å². The van der Waals surface area contributed by atoms with Crippen LogP contribution in [-0.4, -0.2) is 5.12 Å². The zero-order valence-corrected chi connectivity index (χ0v) is 6.74. The van der Waals surface area contributed by atoms with Gasteiger partial charge in [0.2, 0.25) is 5.12 Å². The van der Waals surface area contributed by atoms with Crippen LogP contribution in [0.4, 0.5) is 0 Å². The van der Waals surface area contributed by atoms with Gasteiger partial charge in [-0.05, 0) is 19.4 Å². The van der Waals surface area contributed by atoms with E-state index in [1.807, 2.05) is 6.92 Å². The van der Waals surface area contributed by atoms with Crippen molar-refractivity contribution >= 4 is 17.7 Å². The summed E-state index contributed by atoms with van der Waals surface area (Å²) in [5.41, 5.74) is 1.11. The summed E-state index contributed by atoms with van der Waals surface area (Å²) in [7, 11) is 0. The Balaban J connectivity index is 3.69. The Labute approximate surface area is 61.6 Å². The molecule has 0 fully saturated rings. The number of allylic oxidation sites excluding steroid dienone is 1. The molecule has 0 spiro atoms. The first-order valence-electron chi connectivity index (χ1n) is 3.07. The Bertz CT molecular complexity index is 127. The van der Waals surface area contributed by atoms with Gasteiger partial charge in [-0.3, -0.25) is 4.79 Å². The molecule has 9 heavy (non-hydrogen) atoms. The van der Waals surface area contributed by atoms with E-state index in [0.717, 1.165) is 18.4 Å². The second kappa shape index (κ2) is 4.62. The van der Waals surface area contributed by atoms with Crippen molar-refractivity contribution < 1.29 is 4.79 Å². The van der Waals surface area contributed by atoms with Crippen LogP contribution in [0.2, 0.25) is 0 Å². The van der Waals surface area contributed by atoms with E-state index in [1.54, 1.807) is 6.08 Å². The summed E-state index contributed by atoms with van der Waals surface area (Å²) < 4.78 is 0. The highest BCUT2D eigenvalue weighted by Crippen LogP contribution is 2.02. The Morgan fingerprint density at radius 1 is 1.67 bits per heavy atom. The molecule has 0 radical (unpaired) electrons. The fraction of sp³-hybridized carbons (Fsp3) is 0.571. The topological polar surface area (TPSA) is 17.1 Å². The summed E-state index contributed by atoms with van der Waals surface area (Å²) in [6.45, 7) is 4.03. The molecule has 0 aliphatic heterocycles. The predicted octanol–water partition coefficient (Wildman–Crippen LogP) is 2.19. The van der Waals surface area contributed by atoms with Gasteiger partial charge in [0.25, 0.3) is 0 Å². The first-order valence-corrected chi connectivity index (χ1v) is 3.51. The van der Waals surface area contributed by atoms with Crippen LogP contribution < -0.4 is 0 Å². The number of rotatable bonds is 3. The molecule has 0 aromatic heterocycles. The maximum atomic E-state index is 10.3. The molecule has 0 aromatic carbocycles. The molecule has 0 aliphatic rings. The van der Waals surface area contributed by atoms with Gasteiger partial charge in [-0.15, -0.1) is 12.6 Å². The van der Waals surface area contributed by atoms with Gasteiger partial charge < -0.3 is 0 Å². The molecule has 0 aliphatic carbocycles. The first kappa shape index (κ1) is 8.76. The van der Waals surface area contributed by atoms with Crippen molar-refractivity contribution in [3.8, 4) is 0 Å². The zero-order valence-electron chi connectivity index (χ0n) is 5.85. The van der Waals surface area contributed by atoms with E-state index in [-0.39, 0.29) is 5.12 Å². The average molecular weight is 144 g/mol. The van der Waals surface area contributed by atoms with Crippen LogP contribution in [-0.2, 0) is 4.79 Å². The fourth-order valence-corrected chi connectivity index (χ4v) is 0.898. The lowest BCUT2D eigenvalue weighted by molar-refractivity contribution is -0.106. The van der Waals surface area contributed by atoms with Gasteiger partial charge in [-0.2, -0.15) is 0 Å². The largest absolute Gasteiger partial charge is 0.283 e. The second-order valence-corrected chi connectivity index (χ2v) is 2.52. The third kappa shape index (κ3) is 5.63. The number of carbonyl (C=O) groups excluding carboxylic acids is 1. The van der Waals surface area contributed by atoms with Crippen molar-refractivity contribution in [1.29, 1.82) is 0 Å². The van der Waals surface area contributed by atoms with Crippen LogP contribution in [0.1, 0.15) is 26.7 Å². The summed E-state index contributed by atoms with van der Waals surface area (Å²) in [5.74, 6) is 0. The minimum Gasteiger partial charge on any atom is -0.283 e. The van der Waals surface area contributed by atoms with Gasteiger partial charge in [0.15, 0.2) is 0 Å². The molecule has 0 saturated heterocycles. The van der Waals surface area contributed by atoms with E-state index >= 15 is 0 Å². The molecule has 0 bridgehead atoms. The minimum absolute atomic E-state index is 0.152. The van der Waals surface area contributed by atoms with Crippen molar-refractivity contribution in [2.45, 2.75) is 26.7 Å². The lowest BCUT2D eigenvalue weighted by atomic mass is 10.2. The van der Waals surface area contributed by atoms with E-state index in [1.165, 1.54) is 0 Å². The number of thiol groups is 1. The molecule has 0 aromatic rings. The van der Waals surface area contributed by atoms with Crippen molar-refractivity contribution in [3.63, 3.8) is 0 Å². The zero-order chi connectivity index (χ0) is 7.28. The summed E-state index contributed by atoms with van der Waals surface area (Å²) in [6, 6.07) is 0. The van der Waals surface area contributed by atoms with Crippen LogP contribution in [0.3, 0.4) is 0 Å². The molecule has 0 heterocycles. The van der Waals surface area contributed by atoms with Crippen molar-refractivity contribution in [2.24, 2.45) is 0 Å². The molecule has 0 saturated carbocycles. The quantitative estimate of drug-likeness (QED) is 0.474. The molecule has 52 valence electrons. The molecule has 0 amide bonds. The summed E-state index contributed by atoms with van der Waals surface area (Å²) in [6.07, 6.45) is 3.64. The Kier molecular flexibility index (Phi) is 4.50. The Morgan fingerprint density at radius 2 is 2.22 bits per heavy atom. The minimum atomic E-state index is -0.152. The van der Waals surface area contributed by atoms with Crippen LogP contribution in [0.5, 0.6) is 0 Å². The average Bonchev–Trinajstić information content (AvgIpc) is 1.63. The lowest BCUT2D eigenvalue weighted by Gasteiger charge is -1.92. The van der Waals surface area contributed by atoms with Crippen LogP contribution in [0.15, 0.2) is 11.6 Å². The van der Waals surface area contributed by atoms with Crippen LogP contribution >= 0.6 is 12.6 Å². The predicted molar refractivity (Wildman–Crippen MR) is 42.7 cm³/mol. The first-order chi connectivity index (χ1) is 4.16. The highest BCUT2D eigenvalue weighted by atomic mass is 32.1. The van der Waals surface area contributed by atoms with E-state index in [9.17, 15) is 4.79 Å². The Morgan fingerprint density at radius 3 is 2.56 bits per heavy atom. The van der Waals surface area contributed by atoms with E-state index < -0.39 is 0 Å². The second-order valence-electron chi connectivity index (χ2n) is 2.08. The fourth-order valence-electron chi connectivity index (χ4n) is 0.677. The van der Waals surface area contributed by atoms with Crippen molar-refractivity contribution in [1.82, 2.24) is 0 Å². The number of hydrogen-bond acceptors (Lipinski definition) is 1. The molecule has 1 nitrogen and oxygen atoms in total. The molecular weight excluding hydrogens is 132 g/mol. The molecule has 0 unspecified atom stereocenters. The summed E-state index contributed by atoms with van der Waals surface area (Å²) >= 11 is 3.61. The molecule has 2 heteroatoms. The summed E-state index contributed by atoms with van der Waals surface area (Å²) in [5, 5.41) is -0.152. The van der Waals surface area contributed by atoms with Gasteiger partial charge in [0.05, 0.1) is 0 Å². The maximum absolute atomic E-state index is 10.3. The standard InChI is InChI=1S/C7H12OS/c1-3-4-6(2)5-7(8)9/h5H,3-4H2,1-2H3,(H,8,9). The third-order valence-electron chi connectivity index (χ3n) is 1.01. The molecular formula is C7H12OS. The van der Waals surface area contributed by atoms with Gasteiger partial charge in [-0.1, -0.05) is 18.9 Å². The third-order valence-corrected chi connectivity index (χ3v) is 1.14. The monoisotopic (exact) mass is 144 g/mol. The number of hydrogen-bond donors (Lipinski definition) is 1. The van der Waals surface area contributed by atoms with Crippen molar-refractivity contribution in [3.05, 3.63) is 11.6 Å². The maximum Gasteiger partial charge on any atom is 0.209 e. The smallest absolute Gasteiger partial charge is 0.209 e. The van der Waals surface area contributed by atoms with Gasteiger partial charge in [0.1, 0.15) is 0 Å². The molecule has 0 atom stereocenters.